The average Bonchev–Trinajstić information content (AvgIpc) is 2.77. The van der Waals surface area contributed by atoms with Gasteiger partial charge in [-0.25, -0.2) is 4.79 Å². The zero-order chi connectivity index (χ0) is 22.7. The Hall–Kier alpha value is -2.61. The zero-order valence-electron chi connectivity index (χ0n) is 17.2. The van der Waals surface area contributed by atoms with Gasteiger partial charge in [-0.15, -0.1) is 0 Å². The molecular weight excluding hydrogens is 448 g/mol. The highest BCUT2D eigenvalue weighted by Crippen LogP contribution is 2.39. The van der Waals surface area contributed by atoms with Crippen molar-refractivity contribution in [2.75, 3.05) is 5.75 Å². The molecule has 1 heterocycles. The molecule has 0 spiro atoms. The molecule has 1 unspecified atom stereocenters. The van der Waals surface area contributed by atoms with Gasteiger partial charge in [-0.2, -0.15) is 0 Å². The summed E-state index contributed by atoms with van der Waals surface area (Å²) in [5.74, 6) is -0.720. The van der Waals surface area contributed by atoms with Gasteiger partial charge in [0, 0.05) is 28.3 Å². The van der Waals surface area contributed by atoms with Crippen LogP contribution in [0.25, 0.3) is 0 Å². The largest absolute Gasteiger partial charge is 0.478 e. The quantitative estimate of drug-likeness (QED) is 0.571. The van der Waals surface area contributed by atoms with Crippen LogP contribution in [0, 0.1) is 5.92 Å². The molecule has 2 aromatic rings. The second kappa shape index (κ2) is 9.90. The number of carboxylic acid groups (broad SMARTS) is 1. The number of fused-ring (bicyclic) bond motifs is 1. The molecule has 0 bridgehead atoms. The average molecular weight is 471 g/mol. The second-order valence-corrected chi connectivity index (χ2v) is 9.34. The lowest BCUT2D eigenvalue weighted by Gasteiger charge is -2.49. The van der Waals surface area contributed by atoms with E-state index in [1.807, 2.05) is 18.2 Å². The van der Waals surface area contributed by atoms with Crippen LogP contribution in [-0.4, -0.2) is 40.1 Å². The summed E-state index contributed by atoms with van der Waals surface area (Å²) >= 11 is 7.01. The number of thioether (sulfide) groups is 1. The number of amides is 1. The van der Waals surface area contributed by atoms with Crippen molar-refractivity contribution in [2.45, 2.75) is 31.5 Å². The predicted molar refractivity (Wildman–Crippen MR) is 125 cm³/mol. The van der Waals surface area contributed by atoms with Crippen molar-refractivity contribution >= 4 is 40.4 Å². The summed E-state index contributed by atoms with van der Waals surface area (Å²) in [6.07, 6.45) is 1.34. The molecule has 1 amide bonds. The minimum absolute atomic E-state index is 0.0221. The highest BCUT2D eigenvalue weighted by Gasteiger charge is 2.48. The lowest BCUT2D eigenvalue weighted by molar-refractivity contribution is -0.134. The van der Waals surface area contributed by atoms with Crippen molar-refractivity contribution in [1.82, 2.24) is 10.6 Å². The first kappa shape index (κ1) is 22.6. The van der Waals surface area contributed by atoms with Gasteiger partial charge in [-0.3, -0.25) is 14.9 Å². The van der Waals surface area contributed by atoms with Gasteiger partial charge in [0.05, 0.1) is 18.2 Å². The first-order valence-electron chi connectivity index (χ1n) is 10.4. The minimum atomic E-state index is -0.971. The van der Waals surface area contributed by atoms with E-state index in [4.69, 9.17) is 11.6 Å². The Balaban J connectivity index is 1.36. The van der Waals surface area contributed by atoms with Crippen molar-refractivity contribution in [3.8, 4) is 0 Å². The summed E-state index contributed by atoms with van der Waals surface area (Å²) in [5.41, 5.74) is 2.58. The van der Waals surface area contributed by atoms with E-state index in [1.54, 1.807) is 36.4 Å². The SMILES string of the molecule is O=C(Cc1ccc(Cl)cc1)N[C@H]1NC2C(C(=O)O)=C(CSC(=O)c3ccccc3)CC[C@H]21. The molecule has 3 atom stereocenters. The van der Waals surface area contributed by atoms with Crippen molar-refractivity contribution in [3.63, 3.8) is 0 Å². The van der Waals surface area contributed by atoms with Crippen LogP contribution < -0.4 is 10.6 Å². The first-order valence-corrected chi connectivity index (χ1v) is 11.8. The molecule has 0 aromatic heterocycles. The Bertz CT molecular complexity index is 1060. The van der Waals surface area contributed by atoms with Crippen LogP contribution in [0.5, 0.6) is 0 Å². The van der Waals surface area contributed by atoms with Crippen molar-refractivity contribution < 1.29 is 19.5 Å². The fourth-order valence-corrected chi connectivity index (χ4v) is 5.28. The van der Waals surface area contributed by atoms with Crippen molar-refractivity contribution in [1.29, 1.82) is 0 Å². The van der Waals surface area contributed by atoms with Crippen LogP contribution >= 0.6 is 23.4 Å². The van der Waals surface area contributed by atoms with E-state index in [2.05, 4.69) is 10.6 Å². The molecular formula is C24H23ClN2O4S. The van der Waals surface area contributed by atoms with Crippen LogP contribution in [0.4, 0.5) is 0 Å². The Morgan fingerprint density at radius 2 is 1.81 bits per heavy atom. The molecule has 3 N–H and O–H groups in total. The van der Waals surface area contributed by atoms with E-state index < -0.39 is 5.97 Å². The number of halogens is 1. The molecule has 1 saturated heterocycles. The van der Waals surface area contributed by atoms with Crippen LogP contribution in [0.2, 0.25) is 5.02 Å². The molecule has 2 aliphatic rings. The van der Waals surface area contributed by atoms with E-state index in [1.165, 1.54) is 0 Å². The normalized spacial score (nSPS) is 22.0. The van der Waals surface area contributed by atoms with E-state index in [0.29, 0.717) is 28.3 Å². The van der Waals surface area contributed by atoms with Gasteiger partial charge in [0.15, 0.2) is 0 Å². The highest BCUT2D eigenvalue weighted by atomic mass is 35.5. The smallest absolute Gasteiger partial charge is 0.333 e. The standard InChI is InChI=1S/C24H23ClN2O4S/c25-17-9-6-14(7-10-17)12-19(28)26-22-18-11-8-16(20(23(29)30)21(18)27-22)13-32-24(31)15-4-2-1-3-5-15/h1-7,9-10,18,21-22,27H,8,11-13H2,(H,26,28)(H,29,30)/t18-,21?,22+/m1/s1. The summed E-state index contributed by atoms with van der Waals surface area (Å²) in [5, 5.41) is 16.5. The summed E-state index contributed by atoms with van der Waals surface area (Å²) < 4.78 is 0. The fraction of sp³-hybridized carbons (Fsp3) is 0.292. The van der Waals surface area contributed by atoms with Crippen molar-refractivity contribution in [2.24, 2.45) is 5.92 Å². The second-order valence-electron chi connectivity index (χ2n) is 7.96. The monoisotopic (exact) mass is 470 g/mol. The number of rotatable bonds is 7. The number of carbonyl (C=O) groups is 3. The topological polar surface area (TPSA) is 95.5 Å². The van der Waals surface area contributed by atoms with Gasteiger partial charge in [0.2, 0.25) is 11.0 Å². The van der Waals surface area contributed by atoms with E-state index >= 15 is 0 Å². The van der Waals surface area contributed by atoms with Crippen LogP contribution in [0.3, 0.4) is 0 Å². The van der Waals surface area contributed by atoms with E-state index in [9.17, 15) is 19.5 Å². The van der Waals surface area contributed by atoms with Gasteiger partial charge in [0.25, 0.3) is 0 Å². The molecule has 1 fully saturated rings. The first-order chi connectivity index (χ1) is 15.4. The summed E-state index contributed by atoms with van der Waals surface area (Å²) in [4.78, 5) is 36.8. The molecule has 1 aliphatic carbocycles. The van der Waals surface area contributed by atoms with Crippen LogP contribution in [0.15, 0.2) is 65.7 Å². The van der Waals surface area contributed by atoms with Crippen molar-refractivity contribution in [3.05, 3.63) is 81.9 Å². The predicted octanol–water partition coefficient (Wildman–Crippen LogP) is 3.66. The summed E-state index contributed by atoms with van der Waals surface area (Å²) in [7, 11) is 0. The van der Waals surface area contributed by atoms with Gasteiger partial charge < -0.3 is 10.4 Å². The highest BCUT2D eigenvalue weighted by molar-refractivity contribution is 8.14. The number of carboxylic acids is 1. The third kappa shape index (κ3) is 5.06. The number of benzene rings is 2. The number of hydrogen-bond acceptors (Lipinski definition) is 5. The van der Waals surface area contributed by atoms with Crippen LogP contribution in [-0.2, 0) is 16.0 Å². The molecule has 6 nitrogen and oxygen atoms in total. The van der Waals surface area contributed by atoms with E-state index in [0.717, 1.165) is 29.3 Å². The number of nitrogens with one attached hydrogen (secondary N) is 2. The maximum absolute atomic E-state index is 12.4. The zero-order valence-corrected chi connectivity index (χ0v) is 18.8. The molecule has 32 heavy (non-hydrogen) atoms. The summed E-state index contributed by atoms with van der Waals surface area (Å²) in [6, 6.07) is 15.8. The minimum Gasteiger partial charge on any atom is -0.478 e. The molecule has 0 radical (unpaired) electrons. The molecule has 2 aromatic carbocycles. The number of aliphatic carboxylic acids is 1. The number of carbonyl (C=O) groups excluding carboxylic acids is 2. The Labute approximate surface area is 195 Å². The Morgan fingerprint density at radius 3 is 2.50 bits per heavy atom. The lowest BCUT2D eigenvalue weighted by Crippen LogP contribution is -2.70. The third-order valence-electron chi connectivity index (χ3n) is 5.90. The van der Waals surface area contributed by atoms with E-state index in [-0.39, 0.29) is 35.6 Å². The third-order valence-corrected chi connectivity index (χ3v) is 7.14. The molecule has 0 saturated carbocycles. The summed E-state index contributed by atoms with van der Waals surface area (Å²) in [6.45, 7) is 0. The fourth-order valence-electron chi connectivity index (χ4n) is 4.25. The molecule has 8 heteroatoms. The maximum Gasteiger partial charge on any atom is 0.333 e. The number of hydrogen-bond donors (Lipinski definition) is 3. The molecule has 166 valence electrons. The lowest BCUT2D eigenvalue weighted by atomic mass is 9.72. The molecule has 1 aliphatic heterocycles. The van der Waals surface area contributed by atoms with Gasteiger partial charge >= 0.3 is 5.97 Å². The van der Waals surface area contributed by atoms with Crippen LogP contribution in [0.1, 0.15) is 28.8 Å². The molecule has 4 rings (SSSR count). The van der Waals surface area contributed by atoms with Gasteiger partial charge in [-0.05, 0) is 36.1 Å². The van der Waals surface area contributed by atoms with Gasteiger partial charge in [-0.1, -0.05) is 65.8 Å². The van der Waals surface area contributed by atoms with Gasteiger partial charge in [0.1, 0.15) is 0 Å². The maximum atomic E-state index is 12.4. The Kier molecular flexibility index (Phi) is 6.98. The Morgan fingerprint density at radius 1 is 1.09 bits per heavy atom.